The van der Waals surface area contributed by atoms with Crippen molar-refractivity contribution in [3.8, 4) is 6.07 Å². The molecule has 0 spiro atoms. The lowest BCUT2D eigenvalue weighted by Crippen LogP contribution is -2.19. The number of nitrogens with zero attached hydrogens (tertiary/aromatic N) is 3. The first-order valence-corrected chi connectivity index (χ1v) is 7.30. The van der Waals surface area contributed by atoms with Crippen molar-refractivity contribution >= 4 is 5.69 Å². The van der Waals surface area contributed by atoms with Crippen LogP contribution >= 0.6 is 0 Å². The summed E-state index contributed by atoms with van der Waals surface area (Å²) in [6.45, 7) is 0.932. The molecule has 0 bridgehead atoms. The summed E-state index contributed by atoms with van der Waals surface area (Å²) in [6, 6.07) is 2.71. The summed E-state index contributed by atoms with van der Waals surface area (Å²) < 4.78 is 44.1. The van der Waals surface area contributed by atoms with E-state index in [1.165, 1.54) is 0 Å². The first kappa shape index (κ1) is 16.3. The quantitative estimate of drug-likeness (QED) is 0.896. The first-order chi connectivity index (χ1) is 11.5. The molecule has 3 rings (SSSR count). The summed E-state index contributed by atoms with van der Waals surface area (Å²) in [6.07, 6.45) is 0.132. The molecule has 0 unspecified atom stereocenters. The third kappa shape index (κ3) is 3.33. The van der Waals surface area contributed by atoms with Gasteiger partial charge in [0.1, 0.15) is 6.07 Å². The third-order valence-electron chi connectivity index (χ3n) is 3.94. The van der Waals surface area contributed by atoms with Crippen LogP contribution in [0.4, 0.5) is 18.9 Å². The highest BCUT2D eigenvalue weighted by molar-refractivity contribution is 5.55. The predicted octanol–water partition coefficient (Wildman–Crippen LogP) is 2.88. The minimum absolute atomic E-state index is 0.0590. The molecule has 0 amide bonds. The van der Waals surface area contributed by atoms with Crippen LogP contribution in [-0.2, 0) is 10.9 Å². The number of alkyl halides is 3. The number of aromatic nitrogens is 3. The number of H-pyrrole nitrogens is 1. The van der Waals surface area contributed by atoms with Crippen molar-refractivity contribution in [2.75, 3.05) is 18.5 Å². The number of nitriles is 1. The van der Waals surface area contributed by atoms with Crippen molar-refractivity contribution in [2.24, 2.45) is 5.92 Å². The predicted molar refractivity (Wildman–Crippen MR) is 77.8 cm³/mol. The molecule has 2 aromatic rings. The maximum absolute atomic E-state index is 12.8. The Morgan fingerprint density at radius 3 is 2.92 bits per heavy atom. The van der Waals surface area contributed by atoms with E-state index in [-0.39, 0.29) is 23.4 Å². The van der Waals surface area contributed by atoms with Crippen LogP contribution in [0.25, 0.3) is 0 Å². The molecule has 0 aromatic carbocycles. The molecular weight excluding hydrogens is 323 g/mol. The molecule has 1 aliphatic heterocycles. The number of aromatic amines is 1. The van der Waals surface area contributed by atoms with Crippen molar-refractivity contribution in [1.82, 2.24) is 15.2 Å². The lowest BCUT2D eigenvalue weighted by atomic mass is 9.97. The second-order valence-corrected chi connectivity index (χ2v) is 5.48. The molecule has 0 saturated carbocycles. The van der Waals surface area contributed by atoms with Gasteiger partial charge in [-0.15, -0.1) is 0 Å². The molecule has 1 fully saturated rings. The van der Waals surface area contributed by atoms with E-state index >= 15 is 0 Å². The first-order valence-electron chi connectivity index (χ1n) is 7.30. The molecule has 2 atom stereocenters. The van der Waals surface area contributed by atoms with Crippen LogP contribution < -0.4 is 5.32 Å². The van der Waals surface area contributed by atoms with Gasteiger partial charge >= 0.3 is 6.18 Å². The van der Waals surface area contributed by atoms with E-state index in [0.29, 0.717) is 19.3 Å². The minimum Gasteiger partial charge on any atom is -0.382 e. The second kappa shape index (κ2) is 6.49. The van der Waals surface area contributed by atoms with Crippen molar-refractivity contribution < 1.29 is 17.9 Å². The zero-order chi connectivity index (χ0) is 17.2. The van der Waals surface area contributed by atoms with Gasteiger partial charge in [0.05, 0.1) is 23.6 Å². The lowest BCUT2D eigenvalue weighted by molar-refractivity contribution is -0.137. The minimum atomic E-state index is -4.51. The Hall–Kier alpha value is -2.60. The monoisotopic (exact) mass is 337 g/mol. The summed E-state index contributed by atoms with van der Waals surface area (Å²) in [5, 5.41) is 18.5. The van der Waals surface area contributed by atoms with Gasteiger partial charge in [-0.3, -0.25) is 5.10 Å². The lowest BCUT2D eigenvalue weighted by Gasteiger charge is -2.19. The van der Waals surface area contributed by atoms with Gasteiger partial charge in [0.25, 0.3) is 0 Å². The second-order valence-electron chi connectivity index (χ2n) is 5.48. The van der Waals surface area contributed by atoms with Crippen LogP contribution in [0.1, 0.15) is 29.3 Å². The Labute approximate surface area is 135 Å². The van der Waals surface area contributed by atoms with Crippen LogP contribution in [0.2, 0.25) is 0 Å². The van der Waals surface area contributed by atoms with Crippen molar-refractivity contribution in [3.63, 3.8) is 0 Å². The van der Waals surface area contributed by atoms with E-state index in [1.807, 2.05) is 0 Å². The normalized spacial score (nSPS) is 20.8. The van der Waals surface area contributed by atoms with E-state index in [0.717, 1.165) is 18.1 Å². The van der Waals surface area contributed by atoms with Gasteiger partial charge < -0.3 is 10.1 Å². The maximum atomic E-state index is 12.8. The molecule has 3 heterocycles. The van der Waals surface area contributed by atoms with Gasteiger partial charge in [-0.1, -0.05) is 0 Å². The van der Waals surface area contributed by atoms with Gasteiger partial charge in [0, 0.05) is 37.0 Å². The fourth-order valence-corrected chi connectivity index (χ4v) is 2.71. The SMILES string of the molecule is N#Cc1ncc(C(F)(F)F)cc1NC[C@H]1CCO[C@@H]1c1cn[nH]c1. The van der Waals surface area contributed by atoms with Crippen molar-refractivity contribution in [2.45, 2.75) is 18.7 Å². The molecule has 1 aliphatic rings. The molecule has 0 aliphatic carbocycles. The Morgan fingerprint density at radius 2 is 2.25 bits per heavy atom. The average molecular weight is 337 g/mol. The molecule has 6 nitrogen and oxygen atoms in total. The Balaban J connectivity index is 1.75. The number of hydrogen-bond acceptors (Lipinski definition) is 5. The number of rotatable bonds is 4. The average Bonchev–Trinajstić information content (AvgIpc) is 3.22. The van der Waals surface area contributed by atoms with E-state index in [1.54, 1.807) is 18.5 Å². The highest BCUT2D eigenvalue weighted by Gasteiger charge is 2.33. The molecule has 0 radical (unpaired) electrons. The van der Waals surface area contributed by atoms with Gasteiger partial charge in [-0.25, -0.2) is 4.98 Å². The summed E-state index contributed by atoms with van der Waals surface area (Å²) in [4.78, 5) is 3.59. The maximum Gasteiger partial charge on any atom is 0.417 e. The molecule has 9 heteroatoms. The molecular formula is C15H14F3N5O. The molecule has 2 N–H and O–H groups in total. The highest BCUT2D eigenvalue weighted by atomic mass is 19.4. The molecule has 24 heavy (non-hydrogen) atoms. The summed E-state index contributed by atoms with van der Waals surface area (Å²) in [5.41, 5.74) is 0.00646. The van der Waals surface area contributed by atoms with Crippen LogP contribution in [-0.4, -0.2) is 28.3 Å². The molecule has 2 aromatic heterocycles. The van der Waals surface area contributed by atoms with Crippen LogP contribution in [0.5, 0.6) is 0 Å². The van der Waals surface area contributed by atoms with Crippen LogP contribution in [0.15, 0.2) is 24.7 Å². The summed E-state index contributed by atoms with van der Waals surface area (Å²) in [5.74, 6) is 0.0590. The Morgan fingerprint density at radius 1 is 1.42 bits per heavy atom. The highest BCUT2D eigenvalue weighted by Crippen LogP contribution is 2.35. The van der Waals surface area contributed by atoms with Gasteiger partial charge in [-0.2, -0.15) is 23.5 Å². The van der Waals surface area contributed by atoms with Crippen LogP contribution in [0, 0.1) is 17.2 Å². The fraction of sp³-hybridized carbons (Fsp3) is 0.400. The van der Waals surface area contributed by atoms with E-state index in [2.05, 4.69) is 20.5 Å². The number of nitrogens with one attached hydrogen (secondary N) is 2. The number of hydrogen-bond donors (Lipinski definition) is 2. The standard InChI is InChI=1S/C15H14F3N5O/c16-15(17,18)11-3-12(13(4-19)21-8-11)20-5-9-1-2-24-14(9)10-6-22-23-7-10/h3,6-9,14,20H,1-2,5H2,(H,22,23)/t9-,14+/m1/s1. The van der Waals surface area contributed by atoms with E-state index < -0.39 is 11.7 Å². The largest absolute Gasteiger partial charge is 0.417 e. The van der Waals surface area contributed by atoms with E-state index in [4.69, 9.17) is 10.00 Å². The Kier molecular flexibility index (Phi) is 4.40. The fourth-order valence-electron chi connectivity index (χ4n) is 2.71. The zero-order valence-electron chi connectivity index (χ0n) is 12.5. The Bertz CT molecular complexity index is 739. The van der Waals surface area contributed by atoms with Crippen molar-refractivity contribution in [3.05, 3.63) is 41.5 Å². The third-order valence-corrected chi connectivity index (χ3v) is 3.94. The van der Waals surface area contributed by atoms with E-state index in [9.17, 15) is 13.2 Å². The smallest absolute Gasteiger partial charge is 0.382 e. The van der Waals surface area contributed by atoms with Gasteiger partial charge in [-0.05, 0) is 12.5 Å². The van der Waals surface area contributed by atoms with Crippen molar-refractivity contribution in [1.29, 1.82) is 5.26 Å². The number of halogens is 3. The summed E-state index contributed by atoms with van der Waals surface area (Å²) in [7, 11) is 0. The van der Waals surface area contributed by atoms with Gasteiger partial charge in [0.2, 0.25) is 0 Å². The number of anilines is 1. The number of ether oxygens (including phenoxy) is 1. The molecule has 126 valence electrons. The topological polar surface area (TPSA) is 86.6 Å². The van der Waals surface area contributed by atoms with Gasteiger partial charge in [0.15, 0.2) is 5.69 Å². The zero-order valence-corrected chi connectivity index (χ0v) is 12.5. The van der Waals surface area contributed by atoms with Crippen LogP contribution in [0.3, 0.4) is 0 Å². The summed E-state index contributed by atoms with van der Waals surface area (Å²) >= 11 is 0. The molecule has 1 saturated heterocycles. The number of pyridine rings is 1.